The second-order valence-corrected chi connectivity index (χ2v) is 8.90. The number of para-hydroxylation sites is 2. The fourth-order valence-electron chi connectivity index (χ4n) is 3.28. The van der Waals surface area contributed by atoms with Crippen molar-refractivity contribution in [2.75, 3.05) is 32.3 Å². The SMILES string of the molecule is CC1(CS(=O)c2nc3ccccc3[nH]2)C=C(OC2COC(CF)(CF)OC2)C=CN1. The lowest BCUT2D eigenvalue weighted by Gasteiger charge is -2.37. The molecule has 7 nitrogen and oxygen atoms in total. The summed E-state index contributed by atoms with van der Waals surface area (Å²) in [5.74, 6) is -1.03. The minimum atomic E-state index is -1.82. The molecule has 10 heteroatoms. The largest absolute Gasteiger partial charge is 0.486 e. The van der Waals surface area contributed by atoms with Gasteiger partial charge in [0.25, 0.3) is 0 Å². The maximum absolute atomic E-state index is 13.0. The first-order valence-electron chi connectivity index (χ1n) is 9.51. The summed E-state index contributed by atoms with van der Waals surface area (Å²) in [6, 6.07) is 7.50. The van der Waals surface area contributed by atoms with Gasteiger partial charge >= 0.3 is 0 Å². The van der Waals surface area contributed by atoms with E-state index in [0.29, 0.717) is 10.9 Å². The van der Waals surface area contributed by atoms with Gasteiger partial charge in [-0.2, -0.15) is 0 Å². The Balaban J connectivity index is 1.40. The molecule has 1 aromatic heterocycles. The summed E-state index contributed by atoms with van der Waals surface area (Å²) in [5.41, 5.74) is 0.945. The number of fused-ring (bicyclic) bond motifs is 1. The Hall–Kier alpha value is -2.30. The summed E-state index contributed by atoms with van der Waals surface area (Å²) in [6.07, 6.45) is 4.75. The second-order valence-electron chi connectivity index (χ2n) is 7.53. The molecule has 0 amide bonds. The average Bonchev–Trinajstić information content (AvgIpc) is 3.19. The predicted octanol–water partition coefficient (Wildman–Crippen LogP) is 2.50. The van der Waals surface area contributed by atoms with Crippen molar-refractivity contribution in [3.05, 3.63) is 48.4 Å². The van der Waals surface area contributed by atoms with Gasteiger partial charge in [-0.15, -0.1) is 0 Å². The van der Waals surface area contributed by atoms with Crippen LogP contribution < -0.4 is 5.32 Å². The van der Waals surface area contributed by atoms with Crippen molar-refractivity contribution in [1.82, 2.24) is 15.3 Å². The molecule has 2 atom stereocenters. The number of allylic oxidation sites excluding steroid dienone is 1. The topological polar surface area (TPSA) is 85.5 Å². The third kappa shape index (κ3) is 4.40. The second kappa shape index (κ2) is 8.44. The fourth-order valence-corrected chi connectivity index (χ4v) is 4.55. The van der Waals surface area contributed by atoms with Gasteiger partial charge in [0.2, 0.25) is 5.79 Å². The number of nitrogens with one attached hydrogen (secondary N) is 2. The van der Waals surface area contributed by atoms with Crippen LogP contribution in [0.1, 0.15) is 6.92 Å². The van der Waals surface area contributed by atoms with Gasteiger partial charge in [0.1, 0.15) is 25.2 Å². The Morgan fingerprint density at radius 2 is 2.00 bits per heavy atom. The zero-order valence-electron chi connectivity index (χ0n) is 16.4. The van der Waals surface area contributed by atoms with Gasteiger partial charge in [-0.05, 0) is 31.2 Å². The first-order valence-corrected chi connectivity index (χ1v) is 10.8. The van der Waals surface area contributed by atoms with E-state index in [1.165, 1.54) is 0 Å². The molecule has 3 heterocycles. The number of aromatic nitrogens is 2. The van der Waals surface area contributed by atoms with E-state index < -0.39 is 41.6 Å². The van der Waals surface area contributed by atoms with Gasteiger partial charge in [-0.25, -0.2) is 13.8 Å². The van der Waals surface area contributed by atoms with Crippen LogP contribution in [0.15, 0.2) is 53.5 Å². The molecule has 0 radical (unpaired) electrons. The van der Waals surface area contributed by atoms with E-state index in [2.05, 4.69) is 15.3 Å². The fraction of sp³-hybridized carbons (Fsp3) is 0.450. The molecule has 1 fully saturated rings. The van der Waals surface area contributed by atoms with E-state index in [4.69, 9.17) is 14.2 Å². The summed E-state index contributed by atoms with van der Waals surface area (Å²) in [6.45, 7) is -0.212. The van der Waals surface area contributed by atoms with Gasteiger partial charge in [0.15, 0.2) is 5.16 Å². The number of aromatic amines is 1. The first kappa shape index (κ1) is 21.0. The van der Waals surface area contributed by atoms with Gasteiger partial charge in [0, 0.05) is 6.20 Å². The van der Waals surface area contributed by atoms with E-state index >= 15 is 0 Å². The van der Waals surface area contributed by atoms with Crippen molar-refractivity contribution in [2.45, 2.75) is 29.5 Å². The highest BCUT2D eigenvalue weighted by Gasteiger charge is 2.39. The van der Waals surface area contributed by atoms with Crippen molar-refractivity contribution in [3.8, 4) is 0 Å². The van der Waals surface area contributed by atoms with Crippen LogP contribution in [0.2, 0.25) is 0 Å². The van der Waals surface area contributed by atoms with E-state index in [0.717, 1.165) is 11.0 Å². The highest BCUT2D eigenvalue weighted by molar-refractivity contribution is 7.84. The molecule has 162 valence electrons. The summed E-state index contributed by atoms with van der Waals surface area (Å²) in [7, 11) is -1.38. The van der Waals surface area contributed by atoms with Crippen LogP contribution >= 0.6 is 0 Å². The van der Waals surface area contributed by atoms with Crippen LogP contribution in [0.4, 0.5) is 8.78 Å². The Morgan fingerprint density at radius 3 is 2.70 bits per heavy atom. The number of nitrogens with zero attached hydrogens (tertiary/aromatic N) is 1. The number of hydrogen-bond acceptors (Lipinski definition) is 6. The predicted molar refractivity (Wildman–Crippen MR) is 108 cm³/mol. The summed E-state index contributed by atoms with van der Waals surface area (Å²) < 4.78 is 55.1. The molecule has 30 heavy (non-hydrogen) atoms. The number of alkyl halides is 2. The van der Waals surface area contributed by atoms with E-state index in [1.807, 2.05) is 37.3 Å². The number of H-pyrrole nitrogens is 1. The Kier molecular flexibility index (Phi) is 5.90. The number of halogens is 2. The quantitative estimate of drug-likeness (QED) is 0.690. The highest BCUT2D eigenvalue weighted by atomic mass is 32.2. The smallest absolute Gasteiger partial charge is 0.226 e. The monoisotopic (exact) mass is 439 g/mol. The van der Waals surface area contributed by atoms with Crippen LogP contribution in [0.25, 0.3) is 11.0 Å². The van der Waals surface area contributed by atoms with Crippen molar-refractivity contribution in [2.24, 2.45) is 0 Å². The van der Waals surface area contributed by atoms with Gasteiger partial charge in [0.05, 0.1) is 46.3 Å². The van der Waals surface area contributed by atoms with E-state index in [1.54, 1.807) is 12.3 Å². The van der Waals surface area contributed by atoms with Gasteiger partial charge < -0.3 is 24.5 Å². The number of hydrogen-bond donors (Lipinski definition) is 2. The van der Waals surface area contributed by atoms with Crippen molar-refractivity contribution < 1.29 is 27.2 Å². The molecular formula is C20H23F2N3O4S. The lowest BCUT2D eigenvalue weighted by Crippen LogP contribution is -2.50. The normalized spacial score (nSPS) is 25.0. The summed E-state index contributed by atoms with van der Waals surface area (Å²) in [5, 5.41) is 3.60. The Morgan fingerprint density at radius 1 is 1.27 bits per heavy atom. The summed E-state index contributed by atoms with van der Waals surface area (Å²) in [4.78, 5) is 7.50. The standard InChI is InChI=1S/C20H23F2N3O4S/c1-19(13-30(26)18-24-16-4-2-3-5-17(16)25-18)8-14(6-7-23-19)29-15-9-27-20(11-21,12-22)28-10-15/h2-8,15,23H,9-13H2,1H3,(H,24,25). The zero-order chi connectivity index (χ0) is 21.2. The molecule has 0 saturated carbocycles. The molecule has 4 rings (SSSR count). The molecule has 0 aliphatic carbocycles. The third-order valence-corrected chi connectivity index (χ3v) is 6.40. The minimum absolute atomic E-state index is 0.00801. The van der Waals surface area contributed by atoms with Crippen LogP contribution in [0, 0.1) is 0 Å². The van der Waals surface area contributed by atoms with Crippen molar-refractivity contribution in [1.29, 1.82) is 0 Å². The lowest BCUT2D eigenvalue weighted by atomic mass is 10.0. The molecule has 2 aromatic rings. The summed E-state index contributed by atoms with van der Waals surface area (Å²) >= 11 is 0. The number of benzene rings is 1. The van der Waals surface area contributed by atoms with Crippen LogP contribution in [0.5, 0.6) is 0 Å². The minimum Gasteiger partial charge on any atom is -0.486 e. The first-order chi connectivity index (χ1) is 14.4. The van der Waals surface area contributed by atoms with E-state index in [9.17, 15) is 13.0 Å². The molecule has 0 bridgehead atoms. The molecule has 2 aliphatic heterocycles. The highest BCUT2D eigenvalue weighted by Crippen LogP contribution is 2.25. The molecular weight excluding hydrogens is 416 g/mol. The van der Waals surface area contributed by atoms with Crippen LogP contribution in [0.3, 0.4) is 0 Å². The van der Waals surface area contributed by atoms with Crippen molar-refractivity contribution in [3.63, 3.8) is 0 Å². The Labute approximate surface area is 174 Å². The Bertz CT molecular complexity index is 948. The van der Waals surface area contributed by atoms with Gasteiger partial charge in [-0.3, -0.25) is 4.21 Å². The van der Waals surface area contributed by atoms with Gasteiger partial charge in [-0.1, -0.05) is 12.1 Å². The number of dihydropyridines is 1. The number of rotatable bonds is 7. The average molecular weight is 439 g/mol. The maximum atomic E-state index is 13.0. The molecule has 1 saturated heterocycles. The molecule has 2 N–H and O–H groups in total. The van der Waals surface area contributed by atoms with E-state index in [-0.39, 0.29) is 19.0 Å². The lowest BCUT2D eigenvalue weighted by molar-refractivity contribution is -0.303. The number of imidazole rings is 1. The zero-order valence-corrected chi connectivity index (χ0v) is 17.2. The molecule has 2 aliphatic rings. The third-order valence-electron chi connectivity index (χ3n) is 4.91. The van der Waals surface area contributed by atoms with Crippen molar-refractivity contribution >= 4 is 21.8 Å². The number of ether oxygens (including phenoxy) is 3. The molecule has 0 spiro atoms. The molecule has 2 unspecified atom stereocenters. The van der Waals surface area contributed by atoms with Crippen LogP contribution in [-0.2, 0) is 25.0 Å². The molecule has 1 aromatic carbocycles. The van der Waals surface area contributed by atoms with Crippen LogP contribution in [-0.4, -0.2) is 63.9 Å². The maximum Gasteiger partial charge on any atom is 0.226 e.